The van der Waals surface area contributed by atoms with Crippen LogP contribution in [0.5, 0.6) is 5.75 Å². The number of halogens is 1. The molecule has 1 amide bonds. The molecule has 0 N–H and O–H groups in total. The Labute approximate surface area is 189 Å². The van der Waals surface area contributed by atoms with E-state index in [1.807, 2.05) is 55.5 Å². The van der Waals surface area contributed by atoms with Gasteiger partial charge >= 0.3 is 0 Å². The van der Waals surface area contributed by atoms with Crippen molar-refractivity contribution in [2.24, 2.45) is 0 Å². The predicted molar refractivity (Wildman–Crippen MR) is 123 cm³/mol. The standard InChI is InChI=1S/C26H20ClNO4/c1-15-6-8-16(9-7-15)14-28-23(17-4-3-5-19(12-17)31-2)22-24(29)20-13-18(27)10-11-21(20)32-25(22)26(28)30/h3-13,23H,14H2,1-2H3. The summed E-state index contributed by atoms with van der Waals surface area (Å²) in [4.78, 5) is 28.8. The molecule has 6 heteroatoms. The predicted octanol–water partition coefficient (Wildman–Crippen LogP) is 5.51. The van der Waals surface area contributed by atoms with Crippen LogP contribution in [0.15, 0.2) is 75.9 Å². The van der Waals surface area contributed by atoms with Gasteiger partial charge in [0.25, 0.3) is 5.91 Å². The molecule has 5 rings (SSSR count). The molecule has 160 valence electrons. The molecule has 0 radical (unpaired) electrons. The largest absolute Gasteiger partial charge is 0.497 e. The van der Waals surface area contributed by atoms with Gasteiger partial charge in [0.15, 0.2) is 5.43 Å². The van der Waals surface area contributed by atoms with Gasteiger partial charge in [0.1, 0.15) is 11.3 Å². The summed E-state index contributed by atoms with van der Waals surface area (Å²) in [5.74, 6) is 0.402. The van der Waals surface area contributed by atoms with Crippen molar-refractivity contribution in [1.82, 2.24) is 4.90 Å². The van der Waals surface area contributed by atoms with Crippen molar-refractivity contribution < 1.29 is 13.9 Å². The second-order valence-corrected chi connectivity index (χ2v) is 8.35. The molecule has 1 unspecified atom stereocenters. The lowest BCUT2D eigenvalue weighted by Gasteiger charge is -2.25. The molecule has 1 aliphatic heterocycles. The summed E-state index contributed by atoms with van der Waals surface area (Å²) < 4.78 is 11.4. The minimum atomic E-state index is -0.603. The van der Waals surface area contributed by atoms with E-state index in [4.69, 9.17) is 20.8 Å². The fraction of sp³-hybridized carbons (Fsp3) is 0.154. The maximum absolute atomic E-state index is 13.6. The Morgan fingerprint density at radius 2 is 1.81 bits per heavy atom. The fourth-order valence-electron chi connectivity index (χ4n) is 4.20. The Morgan fingerprint density at radius 3 is 2.56 bits per heavy atom. The van der Waals surface area contributed by atoms with Gasteiger partial charge in [0.2, 0.25) is 5.76 Å². The molecule has 32 heavy (non-hydrogen) atoms. The van der Waals surface area contributed by atoms with Gasteiger partial charge in [-0.15, -0.1) is 0 Å². The van der Waals surface area contributed by atoms with Gasteiger partial charge in [0, 0.05) is 11.6 Å². The molecule has 0 spiro atoms. The van der Waals surface area contributed by atoms with E-state index in [1.165, 1.54) is 0 Å². The Hall–Kier alpha value is -3.57. The molecule has 3 aromatic carbocycles. The van der Waals surface area contributed by atoms with E-state index < -0.39 is 6.04 Å². The number of ether oxygens (including phenoxy) is 1. The van der Waals surface area contributed by atoms with Crippen LogP contribution in [-0.4, -0.2) is 17.9 Å². The number of hydrogen-bond acceptors (Lipinski definition) is 4. The van der Waals surface area contributed by atoms with E-state index in [1.54, 1.807) is 30.2 Å². The number of aryl methyl sites for hydroxylation is 1. The number of hydrogen-bond donors (Lipinski definition) is 0. The first-order valence-corrected chi connectivity index (χ1v) is 10.6. The van der Waals surface area contributed by atoms with E-state index in [9.17, 15) is 9.59 Å². The lowest BCUT2D eigenvalue weighted by Crippen LogP contribution is -2.29. The summed E-state index contributed by atoms with van der Waals surface area (Å²) in [6.45, 7) is 2.35. The zero-order chi connectivity index (χ0) is 22.4. The molecule has 0 fully saturated rings. The van der Waals surface area contributed by atoms with Gasteiger partial charge < -0.3 is 14.1 Å². The second-order valence-electron chi connectivity index (χ2n) is 7.91. The first kappa shape index (κ1) is 20.3. The minimum absolute atomic E-state index is 0.0738. The van der Waals surface area contributed by atoms with E-state index in [2.05, 4.69) is 0 Å². The molecule has 0 bridgehead atoms. The number of carbonyl (C=O) groups excluding carboxylic acids is 1. The van der Waals surface area contributed by atoms with E-state index >= 15 is 0 Å². The van der Waals surface area contributed by atoms with Crippen LogP contribution in [0.3, 0.4) is 0 Å². The summed E-state index contributed by atoms with van der Waals surface area (Å²) in [5.41, 5.74) is 3.28. The third kappa shape index (κ3) is 3.35. The summed E-state index contributed by atoms with van der Waals surface area (Å²) in [5, 5.41) is 0.789. The zero-order valence-electron chi connectivity index (χ0n) is 17.6. The Morgan fingerprint density at radius 1 is 1.03 bits per heavy atom. The Bertz CT molecular complexity index is 1410. The lowest BCUT2D eigenvalue weighted by molar-refractivity contribution is 0.0714. The summed E-state index contributed by atoms with van der Waals surface area (Å²) in [6.07, 6.45) is 0. The van der Waals surface area contributed by atoms with Crippen molar-refractivity contribution >= 4 is 28.5 Å². The lowest BCUT2D eigenvalue weighted by atomic mass is 9.98. The molecular formula is C26H20ClNO4. The van der Waals surface area contributed by atoms with Crippen molar-refractivity contribution in [2.75, 3.05) is 7.11 Å². The molecule has 1 aliphatic rings. The van der Waals surface area contributed by atoms with E-state index in [-0.39, 0.29) is 17.1 Å². The second kappa shape index (κ2) is 7.84. The van der Waals surface area contributed by atoms with Crippen LogP contribution in [0.2, 0.25) is 5.02 Å². The maximum Gasteiger partial charge on any atom is 0.291 e. The maximum atomic E-state index is 13.6. The zero-order valence-corrected chi connectivity index (χ0v) is 18.3. The smallest absolute Gasteiger partial charge is 0.291 e. The van der Waals surface area contributed by atoms with Crippen LogP contribution in [0, 0.1) is 6.92 Å². The van der Waals surface area contributed by atoms with Gasteiger partial charge in [-0.1, -0.05) is 53.6 Å². The number of nitrogens with zero attached hydrogens (tertiary/aromatic N) is 1. The third-order valence-electron chi connectivity index (χ3n) is 5.81. The van der Waals surface area contributed by atoms with Gasteiger partial charge in [0.05, 0.1) is 24.1 Å². The molecule has 0 aliphatic carbocycles. The number of fused-ring (bicyclic) bond motifs is 2. The molecule has 5 nitrogen and oxygen atoms in total. The van der Waals surface area contributed by atoms with Crippen molar-refractivity contribution in [3.8, 4) is 5.75 Å². The average Bonchev–Trinajstić information content (AvgIpc) is 3.08. The molecule has 4 aromatic rings. The number of methoxy groups -OCH3 is 1. The van der Waals surface area contributed by atoms with Crippen LogP contribution in [0.1, 0.15) is 38.9 Å². The Balaban J connectivity index is 1.72. The number of amides is 1. The minimum Gasteiger partial charge on any atom is -0.497 e. The highest BCUT2D eigenvalue weighted by atomic mass is 35.5. The highest BCUT2D eigenvalue weighted by Gasteiger charge is 2.42. The third-order valence-corrected chi connectivity index (χ3v) is 6.05. The number of rotatable bonds is 4. The highest BCUT2D eigenvalue weighted by molar-refractivity contribution is 6.31. The van der Waals surface area contributed by atoms with E-state index in [0.29, 0.717) is 33.8 Å². The molecule has 2 heterocycles. The van der Waals surface area contributed by atoms with Crippen molar-refractivity contribution in [1.29, 1.82) is 0 Å². The van der Waals surface area contributed by atoms with Gasteiger partial charge in [-0.3, -0.25) is 9.59 Å². The highest BCUT2D eigenvalue weighted by Crippen LogP contribution is 2.40. The SMILES string of the molecule is COc1cccc(C2c3c(oc4ccc(Cl)cc4c3=O)C(=O)N2Cc2ccc(C)cc2)c1. The first-order valence-electron chi connectivity index (χ1n) is 10.2. The van der Waals surface area contributed by atoms with Gasteiger partial charge in [-0.25, -0.2) is 0 Å². The quantitative estimate of drug-likeness (QED) is 0.415. The molecule has 1 aromatic heterocycles. The number of benzene rings is 3. The average molecular weight is 446 g/mol. The fourth-order valence-corrected chi connectivity index (χ4v) is 4.38. The molecule has 0 saturated heterocycles. The topological polar surface area (TPSA) is 59.8 Å². The monoisotopic (exact) mass is 445 g/mol. The molecule has 0 saturated carbocycles. The first-order chi connectivity index (χ1) is 15.5. The van der Waals surface area contributed by atoms with Crippen LogP contribution in [0.25, 0.3) is 11.0 Å². The van der Waals surface area contributed by atoms with Crippen LogP contribution in [0.4, 0.5) is 0 Å². The van der Waals surface area contributed by atoms with Crippen molar-refractivity contribution in [3.63, 3.8) is 0 Å². The summed E-state index contributed by atoms with van der Waals surface area (Å²) in [7, 11) is 1.58. The summed E-state index contributed by atoms with van der Waals surface area (Å²) in [6, 6.07) is 19.6. The van der Waals surface area contributed by atoms with Gasteiger partial charge in [-0.2, -0.15) is 0 Å². The molecule has 1 atom stereocenters. The van der Waals surface area contributed by atoms with Gasteiger partial charge in [-0.05, 0) is 48.4 Å². The van der Waals surface area contributed by atoms with Crippen molar-refractivity contribution in [2.45, 2.75) is 19.5 Å². The van der Waals surface area contributed by atoms with E-state index in [0.717, 1.165) is 16.7 Å². The van der Waals surface area contributed by atoms with Crippen molar-refractivity contribution in [3.05, 3.63) is 110 Å². The number of carbonyl (C=O) groups is 1. The van der Waals surface area contributed by atoms with Crippen LogP contribution in [-0.2, 0) is 6.54 Å². The summed E-state index contributed by atoms with van der Waals surface area (Å²) >= 11 is 6.14. The normalized spacial score (nSPS) is 15.3. The van der Waals surface area contributed by atoms with Crippen LogP contribution < -0.4 is 10.2 Å². The molecular weight excluding hydrogens is 426 g/mol. The van der Waals surface area contributed by atoms with Crippen LogP contribution >= 0.6 is 11.6 Å². The Kier molecular flexibility index (Phi) is 4.98.